The summed E-state index contributed by atoms with van der Waals surface area (Å²) in [5.41, 5.74) is 2.33. The van der Waals surface area contributed by atoms with Gasteiger partial charge in [0.05, 0.1) is 20.8 Å². The Morgan fingerprint density at radius 3 is 2.08 bits per heavy atom. The van der Waals surface area contributed by atoms with Gasteiger partial charge in [0.2, 0.25) is 0 Å². The Hall–Kier alpha value is -2.53. The zero-order valence-electron chi connectivity index (χ0n) is 15.3. The summed E-state index contributed by atoms with van der Waals surface area (Å²) in [7, 11) is 3.29. The van der Waals surface area contributed by atoms with E-state index < -0.39 is 0 Å². The average Bonchev–Trinajstić information content (AvgIpc) is 2.70. The first kappa shape index (κ1) is 19.8. The highest BCUT2D eigenvalue weighted by atomic mass is 16.5. The summed E-state index contributed by atoms with van der Waals surface area (Å²) in [6.07, 6.45) is 1.79. The Bertz CT molecular complexity index is 664. The minimum absolute atomic E-state index is 0.0461. The number of methoxy groups -OCH3 is 2. The molecule has 0 fully saturated rings. The first-order valence-corrected chi connectivity index (χ1v) is 8.69. The lowest BCUT2D eigenvalue weighted by Gasteiger charge is -2.18. The monoisotopic (exact) mass is 358 g/mol. The molecule has 0 amide bonds. The highest BCUT2D eigenvalue weighted by Crippen LogP contribution is 2.28. The number of carbonyl (C=O) groups is 1. The molecule has 0 spiro atoms. The molecule has 0 aliphatic heterocycles. The normalized spacial score (nSPS) is 11.7. The Kier molecular flexibility index (Phi) is 7.96. The molecule has 2 rings (SSSR count). The minimum Gasteiger partial charge on any atom is -0.497 e. The number of benzene rings is 2. The van der Waals surface area contributed by atoms with Crippen LogP contribution in [-0.4, -0.2) is 38.5 Å². The second-order valence-corrected chi connectivity index (χ2v) is 6.01. The van der Waals surface area contributed by atoms with Gasteiger partial charge in [-0.2, -0.15) is 0 Å². The van der Waals surface area contributed by atoms with Crippen molar-refractivity contribution in [3.63, 3.8) is 0 Å². The molecule has 0 aliphatic rings. The topological polar surface area (TPSA) is 65.0 Å². The quantitative estimate of drug-likeness (QED) is 0.660. The summed E-state index contributed by atoms with van der Waals surface area (Å²) >= 11 is 0. The molecule has 0 aromatic heterocycles. The maximum absolute atomic E-state index is 11.8. The number of aliphatic hydroxyl groups excluding tert-OH is 1. The van der Waals surface area contributed by atoms with Crippen LogP contribution in [0.3, 0.4) is 0 Å². The number of rotatable bonds is 10. The Morgan fingerprint density at radius 1 is 0.962 bits per heavy atom. The van der Waals surface area contributed by atoms with Crippen LogP contribution in [0.4, 0.5) is 0 Å². The molecule has 5 heteroatoms. The van der Waals surface area contributed by atoms with Gasteiger partial charge in [-0.05, 0) is 54.2 Å². The molecule has 1 atom stereocenters. The summed E-state index contributed by atoms with van der Waals surface area (Å²) < 4.78 is 15.4. The predicted molar refractivity (Wildman–Crippen MR) is 99.7 cm³/mol. The number of carbonyl (C=O) groups excluding carboxylic acids is 1. The fourth-order valence-corrected chi connectivity index (χ4v) is 2.83. The molecule has 0 radical (unpaired) electrons. The molecular formula is C21H26O5. The maximum Gasteiger partial charge on any atom is 0.305 e. The summed E-state index contributed by atoms with van der Waals surface area (Å²) in [6.45, 7) is -0.107. The van der Waals surface area contributed by atoms with Crippen molar-refractivity contribution in [3.05, 3.63) is 59.7 Å². The molecule has 0 unspecified atom stereocenters. The molecule has 0 bridgehead atoms. The third-order valence-electron chi connectivity index (χ3n) is 4.28. The summed E-state index contributed by atoms with van der Waals surface area (Å²) in [4.78, 5) is 11.8. The van der Waals surface area contributed by atoms with Gasteiger partial charge in [-0.3, -0.25) is 4.79 Å². The van der Waals surface area contributed by atoms with Gasteiger partial charge < -0.3 is 19.3 Å². The lowest BCUT2D eigenvalue weighted by molar-refractivity contribution is -0.144. The molecule has 5 nitrogen and oxygen atoms in total. The van der Waals surface area contributed by atoms with Gasteiger partial charge in [-0.25, -0.2) is 0 Å². The first-order chi connectivity index (χ1) is 12.7. The molecule has 140 valence electrons. The van der Waals surface area contributed by atoms with Gasteiger partial charge in [0.15, 0.2) is 0 Å². The van der Waals surface area contributed by atoms with Gasteiger partial charge in [-0.1, -0.05) is 24.3 Å². The van der Waals surface area contributed by atoms with Crippen LogP contribution in [0.25, 0.3) is 0 Å². The van der Waals surface area contributed by atoms with Crippen molar-refractivity contribution in [1.82, 2.24) is 0 Å². The standard InChI is InChI=1S/C21H26O5/c1-24-19-8-3-16(4-9-19)15-18(7-12-21(23)26-14-13-22)17-5-10-20(25-2)11-6-17/h3-6,8-11,18,22H,7,12-15H2,1-2H3/t18-/m0/s1. The van der Waals surface area contributed by atoms with E-state index in [1.807, 2.05) is 48.5 Å². The highest BCUT2D eigenvalue weighted by molar-refractivity contribution is 5.69. The second kappa shape index (κ2) is 10.5. The predicted octanol–water partition coefficient (Wildman–Crippen LogP) is 3.35. The zero-order chi connectivity index (χ0) is 18.8. The van der Waals surface area contributed by atoms with Gasteiger partial charge in [0.25, 0.3) is 0 Å². The van der Waals surface area contributed by atoms with Crippen molar-refractivity contribution in [2.75, 3.05) is 27.4 Å². The van der Waals surface area contributed by atoms with Crippen molar-refractivity contribution in [1.29, 1.82) is 0 Å². The van der Waals surface area contributed by atoms with Crippen LogP contribution < -0.4 is 9.47 Å². The van der Waals surface area contributed by atoms with E-state index in [-0.39, 0.29) is 25.1 Å². The highest BCUT2D eigenvalue weighted by Gasteiger charge is 2.16. The lowest BCUT2D eigenvalue weighted by Crippen LogP contribution is -2.11. The molecule has 2 aromatic carbocycles. The average molecular weight is 358 g/mol. The number of hydrogen-bond donors (Lipinski definition) is 1. The van der Waals surface area contributed by atoms with Crippen LogP contribution >= 0.6 is 0 Å². The van der Waals surface area contributed by atoms with E-state index in [2.05, 4.69) is 0 Å². The Morgan fingerprint density at radius 2 is 1.54 bits per heavy atom. The largest absolute Gasteiger partial charge is 0.497 e. The number of esters is 1. The summed E-state index contributed by atoms with van der Waals surface area (Å²) in [5.74, 6) is 1.52. The molecule has 0 heterocycles. The zero-order valence-corrected chi connectivity index (χ0v) is 15.3. The van der Waals surface area contributed by atoms with E-state index in [4.69, 9.17) is 19.3 Å². The van der Waals surface area contributed by atoms with Crippen molar-refractivity contribution >= 4 is 5.97 Å². The fraction of sp³-hybridized carbons (Fsp3) is 0.381. The van der Waals surface area contributed by atoms with Crippen molar-refractivity contribution < 1.29 is 24.1 Å². The van der Waals surface area contributed by atoms with Gasteiger partial charge >= 0.3 is 5.97 Å². The van der Waals surface area contributed by atoms with Gasteiger partial charge in [0, 0.05) is 6.42 Å². The van der Waals surface area contributed by atoms with Gasteiger partial charge in [-0.15, -0.1) is 0 Å². The summed E-state index contributed by atoms with van der Waals surface area (Å²) in [6, 6.07) is 15.9. The SMILES string of the molecule is COc1ccc(C[C@H](CCC(=O)OCCO)c2ccc(OC)cc2)cc1. The van der Waals surface area contributed by atoms with Crippen LogP contribution in [0.1, 0.15) is 29.9 Å². The smallest absolute Gasteiger partial charge is 0.305 e. The molecule has 2 aromatic rings. The molecule has 0 aliphatic carbocycles. The van der Waals surface area contributed by atoms with Crippen molar-refractivity contribution in [2.24, 2.45) is 0 Å². The van der Waals surface area contributed by atoms with E-state index in [0.29, 0.717) is 12.8 Å². The fourth-order valence-electron chi connectivity index (χ4n) is 2.83. The molecule has 26 heavy (non-hydrogen) atoms. The third-order valence-corrected chi connectivity index (χ3v) is 4.28. The lowest BCUT2D eigenvalue weighted by atomic mass is 9.88. The number of hydrogen-bond acceptors (Lipinski definition) is 5. The number of aliphatic hydroxyl groups is 1. The second-order valence-electron chi connectivity index (χ2n) is 6.01. The molecule has 0 saturated heterocycles. The van der Waals surface area contributed by atoms with Crippen LogP contribution in [0.2, 0.25) is 0 Å². The molecule has 0 saturated carbocycles. The minimum atomic E-state index is -0.285. The first-order valence-electron chi connectivity index (χ1n) is 8.69. The molecular weight excluding hydrogens is 332 g/mol. The van der Waals surface area contributed by atoms with Crippen LogP contribution in [0.15, 0.2) is 48.5 Å². The molecule has 1 N–H and O–H groups in total. The Labute approximate surface area is 154 Å². The third kappa shape index (κ3) is 6.08. The van der Waals surface area contributed by atoms with Crippen molar-refractivity contribution in [2.45, 2.75) is 25.2 Å². The van der Waals surface area contributed by atoms with Gasteiger partial charge in [0.1, 0.15) is 18.1 Å². The Balaban J connectivity index is 2.09. The van der Waals surface area contributed by atoms with Crippen LogP contribution in [-0.2, 0) is 16.0 Å². The van der Waals surface area contributed by atoms with Crippen LogP contribution in [0.5, 0.6) is 11.5 Å². The summed E-state index contributed by atoms with van der Waals surface area (Å²) in [5, 5.41) is 8.76. The maximum atomic E-state index is 11.8. The van der Waals surface area contributed by atoms with E-state index in [1.165, 1.54) is 5.56 Å². The van der Waals surface area contributed by atoms with E-state index in [9.17, 15) is 4.79 Å². The van der Waals surface area contributed by atoms with E-state index >= 15 is 0 Å². The van der Waals surface area contributed by atoms with E-state index in [1.54, 1.807) is 14.2 Å². The number of ether oxygens (including phenoxy) is 3. The van der Waals surface area contributed by atoms with E-state index in [0.717, 1.165) is 23.5 Å². The van der Waals surface area contributed by atoms with Crippen molar-refractivity contribution in [3.8, 4) is 11.5 Å². The van der Waals surface area contributed by atoms with Crippen LogP contribution in [0, 0.1) is 0 Å².